The first-order chi connectivity index (χ1) is 17.6. The number of amides is 1. The molecule has 3 nitrogen and oxygen atoms in total. The Bertz CT molecular complexity index is 1250. The van der Waals surface area contributed by atoms with Crippen LogP contribution in [0.15, 0.2) is 91.0 Å². The number of allylic oxidation sites excluding steroid dienone is 2. The highest BCUT2D eigenvalue weighted by Crippen LogP contribution is 2.33. The Morgan fingerprint density at radius 3 is 1.71 bits per heavy atom. The van der Waals surface area contributed by atoms with E-state index in [1.165, 1.54) is 42.5 Å². The molecule has 2 N–H and O–H groups in total. The second-order valence-corrected chi connectivity index (χ2v) is 9.23. The Labute approximate surface area is 216 Å². The Balaban J connectivity index is 1.90. The van der Waals surface area contributed by atoms with Gasteiger partial charge in [0.2, 0.25) is 5.91 Å². The van der Waals surface area contributed by atoms with Crippen molar-refractivity contribution in [2.75, 3.05) is 5.32 Å². The molecular formula is C29H25F6NO2. The van der Waals surface area contributed by atoms with Crippen LogP contribution in [0.5, 0.6) is 0 Å². The molecule has 1 amide bonds. The molecule has 0 spiro atoms. The first-order valence-electron chi connectivity index (χ1n) is 11.5. The van der Waals surface area contributed by atoms with Crippen molar-refractivity contribution in [2.45, 2.75) is 38.2 Å². The molecular weight excluding hydrogens is 508 g/mol. The molecule has 0 aliphatic heterocycles. The molecule has 0 saturated carbocycles. The van der Waals surface area contributed by atoms with E-state index in [1.54, 1.807) is 38.1 Å². The van der Waals surface area contributed by atoms with Gasteiger partial charge in [-0.15, -0.1) is 0 Å². The fourth-order valence-electron chi connectivity index (χ4n) is 3.71. The fourth-order valence-corrected chi connectivity index (χ4v) is 3.71. The summed E-state index contributed by atoms with van der Waals surface area (Å²) in [6.07, 6.45) is -4.81. The minimum absolute atomic E-state index is 0.291. The van der Waals surface area contributed by atoms with Gasteiger partial charge in [0.1, 0.15) is 0 Å². The molecule has 0 atom stereocenters. The normalized spacial score (nSPS) is 12.4. The molecule has 200 valence electrons. The number of carbonyl (C=O) groups is 1. The van der Waals surface area contributed by atoms with E-state index < -0.39 is 35.0 Å². The highest BCUT2D eigenvalue weighted by Gasteiger charge is 2.31. The van der Waals surface area contributed by atoms with Gasteiger partial charge in [-0.05, 0) is 66.4 Å². The van der Waals surface area contributed by atoms with Gasteiger partial charge in [-0.3, -0.25) is 4.79 Å². The van der Waals surface area contributed by atoms with Crippen LogP contribution < -0.4 is 5.32 Å². The Hall–Kier alpha value is -3.85. The van der Waals surface area contributed by atoms with Gasteiger partial charge in [-0.1, -0.05) is 54.6 Å². The third-order valence-corrected chi connectivity index (χ3v) is 5.46. The van der Waals surface area contributed by atoms with E-state index in [0.717, 1.165) is 24.3 Å². The number of anilines is 1. The van der Waals surface area contributed by atoms with E-state index in [9.17, 15) is 36.2 Å². The van der Waals surface area contributed by atoms with Gasteiger partial charge in [0, 0.05) is 18.2 Å². The fraction of sp³-hybridized carbons (Fsp3) is 0.207. The molecule has 9 heteroatoms. The largest absolute Gasteiger partial charge is 0.416 e. The topological polar surface area (TPSA) is 49.3 Å². The van der Waals surface area contributed by atoms with Crippen LogP contribution in [0.2, 0.25) is 0 Å². The zero-order chi connectivity index (χ0) is 28.1. The van der Waals surface area contributed by atoms with Gasteiger partial charge in [-0.25, -0.2) is 0 Å². The van der Waals surface area contributed by atoms with E-state index in [1.807, 2.05) is 0 Å². The van der Waals surface area contributed by atoms with Crippen LogP contribution in [0.3, 0.4) is 0 Å². The van der Waals surface area contributed by atoms with E-state index in [4.69, 9.17) is 0 Å². The lowest BCUT2D eigenvalue weighted by molar-refractivity contribution is -0.138. The van der Waals surface area contributed by atoms with Crippen LogP contribution in [0, 0.1) is 0 Å². The summed E-state index contributed by atoms with van der Waals surface area (Å²) in [6.45, 7) is 3.28. The summed E-state index contributed by atoms with van der Waals surface area (Å²) >= 11 is 0. The smallest absolute Gasteiger partial charge is 0.390 e. The molecule has 3 rings (SSSR count). The van der Waals surface area contributed by atoms with Crippen LogP contribution >= 0.6 is 0 Å². The lowest BCUT2D eigenvalue weighted by atomic mass is 9.95. The second-order valence-electron chi connectivity index (χ2n) is 9.23. The number of hydrogen-bond acceptors (Lipinski definition) is 2. The summed E-state index contributed by atoms with van der Waals surface area (Å²) in [5, 5.41) is 12.8. The molecule has 3 aromatic carbocycles. The lowest BCUT2D eigenvalue weighted by Gasteiger charge is -2.19. The van der Waals surface area contributed by atoms with Crippen molar-refractivity contribution in [3.63, 3.8) is 0 Å². The number of aliphatic hydroxyl groups is 1. The number of para-hydroxylation sites is 1. The van der Waals surface area contributed by atoms with E-state index in [-0.39, 0.29) is 0 Å². The third kappa shape index (κ3) is 8.08. The molecule has 0 aromatic heterocycles. The molecule has 0 fully saturated rings. The van der Waals surface area contributed by atoms with Crippen molar-refractivity contribution in [1.82, 2.24) is 0 Å². The molecule has 0 heterocycles. The highest BCUT2D eigenvalue weighted by atomic mass is 19.4. The summed E-state index contributed by atoms with van der Waals surface area (Å²) in [6, 6.07) is 15.3. The maximum atomic E-state index is 13.0. The van der Waals surface area contributed by atoms with Gasteiger partial charge in [0.15, 0.2) is 0 Å². The van der Waals surface area contributed by atoms with E-state index in [0.29, 0.717) is 34.4 Å². The standard InChI is InChI=1S/C29H25F6NO2/c1-27(2,38)18-21-6-3-4-8-25(21)36-26(37)9-5-7-24(19-10-14-22(15-11-19)28(30,31)32)20-12-16-23(17-13-20)29(33,34)35/h3-17,38H,18H2,1-2H3,(H,36,37)/b9-5+. The number of hydrogen-bond donors (Lipinski definition) is 2. The molecule has 38 heavy (non-hydrogen) atoms. The zero-order valence-corrected chi connectivity index (χ0v) is 20.5. The van der Waals surface area contributed by atoms with Gasteiger partial charge < -0.3 is 10.4 Å². The first kappa shape index (κ1) is 28.7. The van der Waals surface area contributed by atoms with Crippen LogP contribution in [0.1, 0.15) is 41.7 Å². The highest BCUT2D eigenvalue weighted by molar-refractivity contribution is 6.00. The zero-order valence-electron chi connectivity index (χ0n) is 20.5. The molecule has 0 radical (unpaired) electrons. The van der Waals surface area contributed by atoms with Crippen molar-refractivity contribution in [3.8, 4) is 0 Å². The average Bonchev–Trinajstić information content (AvgIpc) is 2.81. The van der Waals surface area contributed by atoms with Crippen LogP contribution in [0.25, 0.3) is 5.57 Å². The number of benzene rings is 3. The average molecular weight is 534 g/mol. The molecule has 3 aromatic rings. The molecule has 0 aliphatic rings. The van der Waals surface area contributed by atoms with Crippen LogP contribution in [-0.4, -0.2) is 16.6 Å². The predicted molar refractivity (Wildman–Crippen MR) is 134 cm³/mol. The van der Waals surface area contributed by atoms with Gasteiger partial charge >= 0.3 is 12.4 Å². The summed E-state index contributed by atoms with van der Waals surface area (Å²) in [5.74, 6) is -0.511. The third-order valence-electron chi connectivity index (χ3n) is 5.46. The minimum atomic E-state index is -4.55. The second kappa shape index (κ2) is 11.3. The minimum Gasteiger partial charge on any atom is -0.390 e. The van der Waals surface area contributed by atoms with Gasteiger partial charge in [0.25, 0.3) is 0 Å². The van der Waals surface area contributed by atoms with E-state index >= 15 is 0 Å². The van der Waals surface area contributed by atoms with Crippen molar-refractivity contribution in [1.29, 1.82) is 0 Å². The maximum absolute atomic E-state index is 13.0. The SMILES string of the molecule is CC(C)(O)Cc1ccccc1NC(=O)/C=C/C=C(c1ccc(C(F)(F)F)cc1)c1ccc(C(F)(F)F)cc1. The van der Waals surface area contributed by atoms with Crippen molar-refractivity contribution in [3.05, 3.63) is 119 Å². The molecule has 0 unspecified atom stereocenters. The first-order valence-corrected chi connectivity index (χ1v) is 11.5. The van der Waals surface area contributed by atoms with Crippen molar-refractivity contribution >= 4 is 17.2 Å². The lowest BCUT2D eigenvalue weighted by Crippen LogP contribution is -2.23. The Kier molecular flexibility index (Phi) is 8.51. The number of alkyl halides is 6. The van der Waals surface area contributed by atoms with Crippen LogP contribution in [0.4, 0.5) is 32.0 Å². The number of carbonyl (C=O) groups excluding carboxylic acids is 1. The van der Waals surface area contributed by atoms with Crippen molar-refractivity contribution in [2.24, 2.45) is 0 Å². The maximum Gasteiger partial charge on any atom is 0.416 e. The van der Waals surface area contributed by atoms with Crippen LogP contribution in [-0.2, 0) is 23.6 Å². The molecule has 0 saturated heterocycles. The Morgan fingerprint density at radius 2 is 1.26 bits per heavy atom. The number of rotatable bonds is 7. The van der Waals surface area contributed by atoms with Gasteiger partial charge in [0.05, 0.1) is 16.7 Å². The van der Waals surface area contributed by atoms with Crippen molar-refractivity contribution < 1.29 is 36.2 Å². The van der Waals surface area contributed by atoms with E-state index in [2.05, 4.69) is 5.32 Å². The quantitative estimate of drug-likeness (QED) is 0.186. The summed E-state index contributed by atoms with van der Waals surface area (Å²) < 4.78 is 78.0. The van der Waals surface area contributed by atoms with Gasteiger partial charge in [-0.2, -0.15) is 26.3 Å². The predicted octanol–water partition coefficient (Wildman–Crippen LogP) is 7.66. The molecule has 0 bridgehead atoms. The number of halogens is 6. The summed E-state index contributed by atoms with van der Waals surface area (Å²) in [5.41, 5.74) is -0.570. The summed E-state index contributed by atoms with van der Waals surface area (Å²) in [7, 11) is 0. The Morgan fingerprint density at radius 1 is 0.789 bits per heavy atom. The number of nitrogens with one attached hydrogen (secondary N) is 1. The monoisotopic (exact) mass is 533 g/mol. The summed E-state index contributed by atoms with van der Waals surface area (Å²) in [4.78, 5) is 12.6. The molecule has 0 aliphatic carbocycles.